The Bertz CT molecular complexity index is 2740. The maximum atomic E-state index is 15.7. The molecule has 12 heterocycles. The number of carbonyl (C=O) groups is 3. The summed E-state index contributed by atoms with van der Waals surface area (Å²) in [5, 5.41) is 172. The van der Waals surface area contributed by atoms with Crippen molar-refractivity contribution < 1.29 is 148 Å². The van der Waals surface area contributed by atoms with Gasteiger partial charge in [-0.05, 0) is 105 Å². The SMILES string of the molecule is C[C@@H]1O[C@H]2O[C@H]3[C@@H](OC[C@H](O)[C@@H]3O)OC(=O)[C@]34CCC(C)(C)C[C@H]3C3=CC[C@@H]5[C@@]6(C)C[C@H](O)[C@H](O[C@@H]7O[C@H](CO)[C@@H](O)[C@H](O)[C@H]7O[C@@H]7OC[C@H](OC(=O)C[C@](C)(O)CC(=O)O[C@@H]1[C@@H](O[C@@H]1OC[C@@H](O)[C@H](O)[C@H]1O)[C@H]2O)[C@H](O)[C@H]7O)[C@@](C)(CO)[C@H]6CC[C@@]5(C)[C@]3(C)C[C@H]4O. The quantitative estimate of drug-likeness (QED) is 0.0557. The van der Waals surface area contributed by atoms with E-state index >= 15 is 4.79 Å². The first-order valence-corrected chi connectivity index (χ1v) is 32.7. The summed E-state index contributed by atoms with van der Waals surface area (Å²) in [6.07, 6.45) is -41.1. The standard InChI is InChI=1S/C63H98O30/c1-25-46-47(89-51-43(77)38(72)29(67)21-82-51)45(79)53(85-25)91-48-39(73)30(68)22-83-54(48)93-56(80)63-14-13-57(2,3)15-27(63)26-9-10-34-59(5)16-28(66)50(60(6,24-65)33(59)11-12-61(34,7)62(26,8)17-35(63)69)92-55-49(42(76)40(74)31(20-64)87-55)90-52-44(78)41(75)32(23-84-52)86-36(70)18-58(4,81)19-37(71)88-46/h9,25,27-35,38-55,64-69,72-79,81H,10-24H2,1-8H3/t25-,27-,28-,29+,30-,31+,32-,33-,34+,35+,38-,39-,40+,41-,42-,43+,44+,45+,46-,47-,48+,49+,50-,51-,52-,53-,54-,55-,58-,59-,60-,61+,62+,63+/m0/s1. The molecule has 1 spiro atoms. The van der Waals surface area contributed by atoms with E-state index in [0.29, 0.717) is 32.1 Å². The molecule has 0 amide bonds. The van der Waals surface area contributed by atoms with E-state index in [1.165, 1.54) is 6.92 Å². The maximum absolute atomic E-state index is 15.7. The van der Waals surface area contributed by atoms with Gasteiger partial charge in [-0.25, -0.2) is 0 Å². The lowest BCUT2D eigenvalue weighted by Crippen LogP contribution is -2.71. The van der Waals surface area contributed by atoms with Crippen LogP contribution in [0.1, 0.15) is 120 Å². The molecule has 0 aromatic carbocycles. The number of hydrogen-bond acceptors (Lipinski definition) is 30. The van der Waals surface area contributed by atoms with Gasteiger partial charge in [0.25, 0.3) is 0 Å². The molecule has 30 heteroatoms. The van der Waals surface area contributed by atoms with Gasteiger partial charge in [-0.1, -0.05) is 53.2 Å². The average molecular weight is 1340 g/mol. The van der Waals surface area contributed by atoms with Crippen LogP contribution in [0, 0.1) is 50.2 Å². The Hall–Kier alpha value is -2.81. The molecule has 0 aromatic heterocycles. The summed E-state index contributed by atoms with van der Waals surface area (Å²) in [4.78, 5) is 43.1. The van der Waals surface area contributed by atoms with Gasteiger partial charge in [0.2, 0.25) is 6.29 Å². The number of esters is 3. The van der Waals surface area contributed by atoms with Gasteiger partial charge < -0.3 is 133 Å². The summed E-state index contributed by atoms with van der Waals surface area (Å²) in [6, 6.07) is 0. The van der Waals surface area contributed by atoms with Gasteiger partial charge in [0.05, 0.1) is 75.9 Å². The van der Waals surface area contributed by atoms with E-state index in [1.807, 2.05) is 0 Å². The highest BCUT2D eigenvalue weighted by Crippen LogP contribution is 2.76. The summed E-state index contributed by atoms with van der Waals surface area (Å²) in [5.41, 5.74) is -6.89. The molecule has 17 rings (SSSR count). The molecule has 12 fully saturated rings. The minimum Gasteiger partial charge on any atom is -0.457 e. The van der Waals surface area contributed by atoms with Crippen molar-refractivity contribution in [1.82, 2.24) is 0 Å². The topological polar surface area (TPSA) is 465 Å². The Kier molecular flexibility index (Phi) is 20.0. The average Bonchev–Trinajstić information content (AvgIpc) is 0.671. The number of aliphatic hydroxyl groups is 15. The van der Waals surface area contributed by atoms with Crippen LogP contribution < -0.4 is 0 Å². The highest BCUT2D eigenvalue weighted by Gasteiger charge is 2.73. The Morgan fingerprint density at radius 3 is 1.90 bits per heavy atom. The third kappa shape index (κ3) is 12.3. The third-order valence-corrected chi connectivity index (χ3v) is 24.0. The van der Waals surface area contributed by atoms with Crippen LogP contribution >= 0.6 is 0 Å². The minimum absolute atomic E-state index is 0.0693. The van der Waals surface area contributed by atoms with Gasteiger partial charge in [-0.15, -0.1) is 0 Å². The Morgan fingerprint density at radius 2 is 1.22 bits per heavy atom. The second-order valence-electron chi connectivity index (χ2n) is 30.6. The van der Waals surface area contributed by atoms with Crippen molar-refractivity contribution in [2.45, 2.75) is 279 Å². The highest BCUT2D eigenvalue weighted by atomic mass is 16.8. The van der Waals surface area contributed by atoms with Gasteiger partial charge in [0.1, 0.15) is 84.8 Å². The normalized spacial score (nSPS) is 54.8. The summed E-state index contributed by atoms with van der Waals surface area (Å²) < 4.78 is 72.0. The van der Waals surface area contributed by atoms with Crippen LogP contribution in [0.5, 0.6) is 0 Å². The number of carbonyl (C=O) groups excluding carboxylic acids is 3. The zero-order valence-electron chi connectivity index (χ0n) is 53.7. The summed E-state index contributed by atoms with van der Waals surface area (Å²) in [7, 11) is 0. The molecule has 0 aromatic rings. The van der Waals surface area contributed by atoms with Crippen LogP contribution in [-0.2, 0) is 71.2 Å². The van der Waals surface area contributed by atoms with Gasteiger partial charge >= 0.3 is 17.9 Å². The predicted octanol–water partition coefficient (Wildman–Crippen LogP) is -3.71. The van der Waals surface area contributed by atoms with Crippen LogP contribution in [0.4, 0.5) is 0 Å². The van der Waals surface area contributed by atoms with Crippen molar-refractivity contribution >= 4 is 17.9 Å². The lowest BCUT2D eigenvalue weighted by atomic mass is 9.33. The third-order valence-electron chi connectivity index (χ3n) is 24.0. The van der Waals surface area contributed by atoms with E-state index in [-0.39, 0.29) is 30.6 Å². The van der Waals surface area contributed by atoms with E-state index in [4.69, 9.17) is 56.8 Å². The van der Waals surface area contributed by atoms with Crippen LogP contribution in [0.25, 0.3) is 0 Å². The predicted molar refractivity (Wildman–Crippen MR) is 308 cm³/mol. The Balaban J connectivity index is 0.961. The molecule has 30 nitrogen and oxygen atoms in total. The van der Waals surface area contributed by atoms with Gasteiger partial charge in [0, 0.05) is 5.41 Å². The van der Waals surface area contributed by atoms with Crippen molar-refractivity contribution in [2.75, 3.05) is 33.0 Å². The molecule has 17 aliphatic rings. The number of allylic oxidation sites excluding steroid dienone is 2. The van der Waals surface area contributed by atoms with E-state index in [1.54, 1.807) is 6.92 Å². The molecule has 12 bridgehead atoms. The molecule has 0 radical (unpaired) electrons. The second kappa shape index (κ2) is 26.0. The van der Waals surface area contributed by atoms with E-state index in [0.717, 1.165) is 12.5 Å². The first-order valence-electron chi connectivity index (χ1n) is 32.7. The lowest BCUT2D eigenvalue weighted by Gasteiger charge is -2.72. The van der Waals surface area contributed by atoms with E-state index in [9.17, 15) is 86.2 Å². The maximum Gasteiger partial charge on any atom is 0.317 e. The molecule has 4 saturated carbocycles. The molecular formula is C63H98O30. The lowest BCUT2D eigenvalue weighted by molar-refractivity contribution is -0.377. The Morgan fingerprint density at radius 1 is 0.570 bits per heavy atom. The molecule has 8 saturated heterocycles. The number of rotatable bonds is 4. The molecule has 0 unspecified atom stereocenters. The Labute approximate surface area is 537 Å². The first kappa shape index (κ1) is 71.5. The van der Waals surface area contributed by atoms with Gasteiger partial charge in [-0.2, -0.15) is 0 Å². The van der Waals surface area contributed by atoms with Crippen LogP contribution in [0.15, 0.2) is 11.6 Å². The molecule has 12 aliphatic heterocycles. The van der Waals surface area contributed by atoms with Gasteiger partial charge in [0.15, 0.2) is 43.5 Å². The molecule has 530 valence electrons. The van der Waals surface area contributed by atoms with E-state index in [2.05, 4.69) is 40.7 Å². The first-order chi connectivity index (χ1) is 43.5. The van der Waals surface area contributed by atoms with Crippen LogP contribution in [-0.4, -0.2) is 287 Å². The van der Waals surface area contributed by atoms with E-state index < -0.39 is 262 Å². The monoisotopic (exact) mass is 1330 g/mol. The number of hydrogen-bond donors (Lipinski definition) is 15. The van der Waals surface area contributed by atoms with Crippen molar-refractivity contribution in [3.8, 4) is 0 Å². The molecular weight excluding hydrogens is 1240 g/mol. The van der Waals surface area contributed by atoms with Crippen molar-refractivity contribution in [3.05, 3.63) is 11.6 Å². The number of aliphatic hydroxyl groups excluding tert-OH is 14. The fourth-order valence-corrected chi connectivity index (χ4v) is 18.6. The molecule has 15 N–H and O–H groups in total. The summed E-state index contributed by atoms with van der Waals surface area (Å²) >= 11 is 0. The highest BCUT2D eigenvalue weighted by molar-refractivity contribution is 5.80. The fourth-order valence-electron chi connectivity index (χ4n) is 18.6. The second-order valence-corrected chi connectivity index (χ2v) is 30.6. The van der Waals surface area contributed by atoms with Crippen molar-refractivity contribution in [1.29, 1.82) is 0 Å². The van der Waals surface area contributed by atoms with Crippen LogP contribution in [0.2, 0.25) is 0 Å². The van der Waals surface area contributed by atoms with Crippen molar-refractivity contribution in [2.24, 2.45) is 50.2 Å². The number of ether oxygens (including phenoxy) is 12. The van der Waals surface area contributed by atoms with Crippen molar-refractivity contribution in [3.63, 3.8) is 0 Å². The summed E-state index contributed by atoms with van der Waals surface area (Å²) in [5.74, 6) is -4.65. The largest absolute Gasteiger partial charge is 0.457 e. The molecule has 34 atom stereocenters. The molecule has 93 heavy (non-hydrogen) atoms. The zero-order valence-corrected chi connectivity index (χ0v) is 53.7. The smallest absolute Gasteiger partial charge is 0.317 e. The molecule has 5 aliphatic carbocycles. The summed E-state index contributed by atoms with van der Waals surface area (Å²) in [6.45, 7) is 11.5. The van der Waals surface area contributed by atoms with Crippen LogP contribution in [0.3, 0.4) is 0 Å². The zero-order chi connectivity index (χ0) is 67.8. The minimum atomic E-state index is -2.31. The fraction of sp³-hybridized carbons (Fsp3) is 0.921. The van der Waals surface area contributed by atoms with Gasteiger partial charge in [-0.3, -0.25) is 14.4 Å².